The summed E-state index contributed by atoms with van der Waals surface area (Å²) in [6.45, 7) is 2.65. The van der Waals surface area contributed by atoms with Crippen molar-refractivity contribution in [3.63, 3.8) is 0 Å². The molecule has 1 aliphatic rings. The van der Waals surface area contributed by atoms with E-state index in [1.165, 1.54) is 16.5 Å². The van der Waals surface area contributed by atoms with E-state index < -0.39 is 0 Å². The molecule has 0 saturated carbocycles. The summed E-state index contributed by atoms with van der Waals surface area (Å²) in [7, 11) is 0. The number of benzene rings is 1. The molecular weight excluding hydrogens is 224 g/mol. The summed E-state index contributed by atoms with van der Waals surface area (Å²) < 4.78 is 0. The summed E-state index contributed by atoms with van der Waals surface area (Å²) in [5, 5.41) is 1.35. The molecule has 94 valence electrons. The summed E-state index contributed by atoms with van der Waals surface area (Å²) in [6.07, 6.45) is 5.46. The largest absolute Gasteiger partial charge is 0.361 e. The highest BCUT2D eigenvalue weighted by molar-refractivity contribution is 5.83. The van der Waals surface area contributed by atoms with Crippen molar-refractivity contribution in [2.24, 2.45) is 0 Å². The summed E-state index contributed by atoms with van der Waals surface area (Å²) >= 11 is 0. The van der Waals surface area contributed by atoms with Crippen molar-refractivity contribution in [2.45, 2.75) is 18.8 Å². The van der Waals surface area contributed by atoms with E-state index in [0.717, 1.165) is 32.2 Å². The van der Waals surface area contributed by atoms with Crippen molar-refractivity contribution in [2.75, 3.05) is 19.6 Å². The normalized spacial score (nSPS) is 18.2. The van der Waals surface area contributed by atoms with Gasteiger partial charge in [0.1, 0.15) is 6.29 Å². The number of fused-ring (bicyclic) bond motifs is 1. The molecule has 1 aromatic heterocycles. The third-order valence-corrected chi connectivity index (χ3v) is 3.98. The first-order valence-corrected chi connectivity index (χ1v) is 6.60. The molecule has 3 nitrogen and oxygen atoms in total. The first-order valence-electron chi connectivity index (χ1n) is 6.60. The van der Waals surface area contributed by atoms with Crippen LogP contribution in [0.4, 0.5) is 0 Å². The van der Waals surface area contributed by atoms with Gasteiger partial charge >= 0.3 is 0 Å². The number of aromatic nitrogens is 1. The summed E-state index contributed by atoms with van der Waals surface area (Å²) in [5.41, 5.74) is 2.67. The number of H-pyrrole nitrogens is 1. The number of hydrogen-bond donors (Lipinski definition) is 1. The highest BCUT2D eigenvalue weighted by Gasteiger charge is 2.22. The zero-order chi connectivity index (χ0) is 12.4. The number of carbonyl (C=O) groups excluding carboxylic acids is 1. The molecule has 1 saturated heterocycles. The Balaban J connectivity index is 1.78. The van der Waals surface area contributed by atoms with Crippen LogP contribution in [0.15, 0.2) is 30.5 Å². The van der Waals surface area contributed by atoms with Crippen LogP contribution in [0.3, 0.4) is 0 Å². The van der Waals surface area contributed by atoms with Gasteiger partial charge in [-0.3, -0.25) is 4.90 Å². The molecule has 1 aliphatic heterocycles. The summed E-state index contributed by atoms with van der Waals surface area (Å²) in [6, 6.07) is 8.48. The van der Waals surface area contributed by atoms with Crippen LogP contribution in [0.5, 0.6) is 0 Å². The molecular formula is C15H18N2O. The number of rotatable bonds is 3. The fourth-order valence-corrected chi connectivity index (χ4v) is 2.96. The maximum absolute atomic E-state index is 10.5. The van der Waals surface area contributed by atoms with Gasteiger partial charge < -0.3 is 9.78 Å². The quantitative estimate of drug-likeness (QED) is 0.840. The number of hydrogen-bond acceptors (Lipinski definition) is 2. The summed E-state index contributed by atoms with van der Waals surface area (Å²) in [4.78, 5) is 16.1. The van der Waals surface area contributed by atoms with Crippen LogP contribution in [0.1, 0.15) is 24.3 Å². The van der Waals surface area contributed by atoms with Crippen molar-refractivity contribution >= 4 is 17.2 Å². The van der Waals surface area contributed by atoms with Gasteiger partial charge in [-0.1, -0.05) is 18.2 Å². The van der Waals surface area contributed by atoms with Crippen LogP contribution in [-0.2, 0) is 4.79 Å². The average molecular weight is 242 g/mol. The second kappa shape index (κ2) is 4.94. The third kappa shape index (κ3) is 2.06. The zero-order valence-electron chi connectivity index (χ0n) is 10.4. The number of carbonyl (C=O) groups is 1. The fourth-order valence-electron chi connectivity index (χ4n) is 2.96. The Morgan fingerprint density at radius 1 is 1.28 bits per heavy atom. The zero-order valence-corrected chi connectivity index (χ0v) is 10.4. The molecule has 0 bridgehead atoms. The number of piperidine rings is 1. The molecule has 3 rings (SSSR count). The molecule has 0 aliphatic carbocycles. The van der Waals surface area contributed by atoms with Crippen molar-refractivity contribution in [1.29, 1.82) is 0 Å². The van der Waals surface area contributed by atoms with Crippen LogP contribution in [0.25, 0.3) is 10.9 Å². The lowest BCUT2D eigenvalue weighted by molar-refractivity contribution is -0.109. The predicted molar refractivity (Wildman–Crippen MR) is 72.8 cm³/mol. The Hall–Kier alpha value is -1.61. The molecule has 2 aromatic rings. The fraction of sp³-hybridized carbons (Fsp3) is 0.400. The van der Waals surface area contributed by atoms with Gasteiger partial charge in [-0.05, 0) is 43.5 Å². The Kier molecular flexibility index (Phi) is 3.15. The van der Waals surface area contributed by atoms with Gasteiger partial charge in [0.15, 0.2) is 0 Å². The molecule has 0 unspecified atom stereocenters. The van der Waals surface area contributed by atoms with E-state index in [1.807, 2.05) is 0 Å². The molecule has 2 heterocycles. The maximum Gasteiger partial charge on any atom is 0.133 e. The monoisotopic (exact) mass is 242 g/mol. The number of aromatic amines is 1. The van der Waals surface area contributed by atoms with E-state index in [4.69, 9.17) is 0 Å². The lowest BCUT2D eigenvalue weighted by atomic mass is 9.89. The summed E-state index contributed by atoms with van der Waals surface area (Å²) in [5.74, 6) is 0.629. The molecule has 18 heavy (non-hydrogen) atoms. The SMILES string of the molecule is O=CCN1CCC(c2c[nH]c3ccccc23)CC1. The van der Waals surface area contributed by atoms with Crippen molar-refractivity contribution in [1.82, 2.24) is 9.88 Å². The molecule has 0 spiro atoms. The Morgan fingerprint density at radius 2 is 2.06 bits per heavy atom. The minimum Gasteiger partial charge on any atom is -0.361 e. The van der Waals surface area contributed by atoms with Crippen molar-refractivity contribution in [3.8, 4) is 0 Å². The molecule has 0 atom stereocenters. The van der Waals surface area contributed by atoms with Crippen LogP contribution in [0.2, 0.25) is 0 Å². The van der Waals surface area contributed by atoms with E-state index >= 15 is 0 Å². The number of nitrogens with one attached hydrogen (secondary N) is 1. The topological polar surface area (TPSA) is 36.1 Å². The second-order valence-corrected chi connectivity index (χ2v) is 5.03. The molecule has 1 aromatic carbocycles. The van der Waals surface area contributed by atoms with Crippen LogP contribution in [-0.4, -0.2) is 35.8 Å². The van der Waals surface area contributed by atoms with E-state index in [-0.39, 0.29) is 0 Å². The number of aldehydes is 1. The first-order chi connectivity index (χ1) is 8.88. The molecule has 1 fully saturated rings. The Bertz CT molecular complexity index is 538. The highest BCUT2D eigenvalue weighted by atomic mass is 16.1. The minimum atomic E-state index is 0.584. The van der Waals surface area contributed by atoms with Crippen molar-refractivity contribution < 1.29 is 4.79 Å². The van der Waals surface area contributed by atoms with Gasteiger partial charge in [-0.15, -0.1) is 0 Å². The van der Waals surface area contributed by atoms with Gasteiger partial charge in [0.2, 0.25) is 0 Å². The number of para-hydroxylation sites is 1. The minimum absolute atomic E-state index is 0.584. The van der Waals surface area contributed by atoms with E-state index in [1.54, 1.807) is 0 Å². The van der Waals surface area contributed by atoms with Crippen LogP contribution in [0, 0.1) is 0 Å². The van der Waals surface area contributed by atoms with E-state index in [0.29, 0.717) is 12.5 Å². The molecule has 3 heteroatoms. The molecule has 1 N–H and O–H groups in total. The number of likely N-dealkylation sites (tertiary alicyclic amines) is 1. The standard InChI is InChI=1S/C15H18N2O/c18-10-9-17-7-5-12(6-8-17)14-11-16-15-4-2-1-3-13(14)15/h1-4,10-12,16H,5-9H2. The first kappa shape index (κ1) is 11.5. The molecule has 0 amide bonds. The smallest absolute Gasteiger partial charge is 0.133 e. The molecule has 0 radical (unpaired) electrons. The lowest BCUT2D eigenvalue weighted by Crippen LogP contribution is -2.34. The average Bonchev–Trinajstić information content (AvgIpc) is 2.84. The second-order valence-electron chi connectivity index (χ2n) is 5.03. The maximum atomic E-state index is 10.5. The van der Waals surface area contributed by atoms with Gasteiger partial charge in [0, 0.05) is 17.1 Å². The van der Waals surface area contributed by atoms with Gasteiger partial charge in [0.25, 0.3) is 0 Å². The van der Waals surface area contributed by atoms with E-state index in [9.17, 15) is 4.79 Å². The van der Waals surface area contributed by atoms with E-state index in [2.05, 4.69) is 40.3 Å². The Morgan fingerprint density at radius 3 is 2.83 bits per heavy atom. The number of nitrogens with zero attached hydrogens (tertiary/aromatic N) is 1. The van der Waals surface area contributed by atoms with Crippen molar-refractivity contribution in [3.05, 3.63) is 36.0 Å². The Labute approximate surface area is 107 Å². The third-order valence-electron chi connectivity index (χ3n) is 3.98. The van der Waals surface area contributed by atoms with Crippen LogP contribution < -0.4 is 0 Å². The highest BCUT2D eigenvalue weighted by Crippen LogP contribution is 2.32. The van der Waals surface area contributed by atoms with Gasteiger partial charge in [-0.2, -0.15) is 0 Å². The van der Waals surface area contributed by atoms with Gasteiger partial charge in [-0.25, -0.2) is 0 Å². The lowest BCUT2D eigenvalue weighted by Gasteiger charge is -2.30. The van der Waals surface area contributed by atoms with Crippen LogP contribution >= 0.6 is 0 Å². The van der Waals surface area contributed by atoms with Gasteiger partial charge in [0.05, 0.1) is 6.54 Å². The predicted octanol–water partition coefficient (Wildman–Crippen LogP) is 2.55.